The van der Waals surface area contributed by atoms with Crippen LogP contribution in [0.15, 0.2) is 12.2 Å². The lowest BCUT2D eigenvalue weighted by atomic mass is 9.85. The van der Waals surface area contributed by atoms with E-state index in [-0.39, 0.29) is 48.1 Å². The van der Waals surface area contributed by atoms with Crippen molar-refractivity contribution in [2.75, 3.05) is 26.2 Å². The molecule has 120 valence electrons. The molecule has 22 heavy (non-hydrogen) atoms. The fourth-order valence-corrected chi connectivity index (χ4v) is 4.08. The van der Waals surface area contributed by atoms with Crippen LogP contribution in [-0.4, -0.2) is 53.8 Å². The monoisotopic (exact) mass is 305 g/mol. The topological polar surface area (TPSA) is 69.7 Å². The first-order valence-electron chi connectivity index (χ1n) is 8.14. The molecular weight excluding hydrogens is 282 g/mol. The number of hydrogen-bond donors (Lipinski definition) is 1. The van der Waals surface area contributed by atoms with Crippen molar-refractivity contribution in [3.63, 3.8) is 0 Å². The summed E-state index contributed by atoms with van der Waals surface area (Å²) in [4.78, 5) is 39.8. The Kier molecular flexibility index (Phi) is 3.93. The van der Waals surface area contributed by atoms with E-state index in [1.54, 1.807) is 4.90 Å². The van der Waals surface area contributed by atoms with Crippen molar-refractivity contribution in [1.82, 2.24) is 15.1 Å². The molecule has 3 rings (SSSR count). The Bertz CT molecular complexity index is 497. The van der Waals surface area contributed by atoms with E-state index in [4.69, 9.17) is 0 Å². The average Bonchev–Trinajstić information content (AvgIpc) is 3.17. The molecule has 1 N–H and O–H groups in total. The third-order valence-electron chi connectivity index (χ3n) is 5.22. The third-order valence-corrected chi connectivity index (χ3v) is 5.22. The molecule has 1 aliphatic heterocycles. The maximum atomic E-state index is 12.5. The predicted octanol–water partition coefficient (Wildman–Crippen LogP) is 0.845. The van der Waals surface area contributed by atoms with E-state index < -0.39 is 0 Å². The second kappa shape index (κ2) is 5.74. The van der Waals surface area contributed by atoms with Gasteiger partial charge in [0.25, 0.3) is 0 Å². The second-order valence-corrected chi connectivity index (χ2v) is 6.23. The Hall–Kier alpha value is -1.85. The normalized spacial score (nSPS) is 31.8. The van der Waals surface area contributed by atoms with E-state index in [0.29, 0.717) is 19.6 Å². The van der Waals surface area contributed by atoms with Gasteiger partial charge in [0.15, 0.2) is 0 Å². The quantitative estimate of drug-likeness (QED) is 0.604. The zero-order valence-electron chi connectivity index (χ0n) is 13.1. The number of imide groups is 1. The number of carbonyl (C=O) groups is 3. The molecule has 4 amide bonds. The van der Waals surface area contributed by atoms with Crippen molar-refractivity contribution < 1.29 is 14.4 Å². The SMILES string of the molecule is CCN(CC)C(=O)NCCN1C(=O)[C@@H]2[C@@H](C1=O)[C@H]1C=C[C@H]2C1. The molecular formula is C16H23N3O3. The summed E-state index contributed by atoms with van der Waals surface area (Å²) in [6, 6.07) is -0.147. The number of carbonyl (C=O) groups excluding carboxylic acids is 3. The fourth-order valence-electron chi connectivity index (χ4n) is 4.08. The predicted molar refractivity (Wildman–Crippen MR) is 80.8 cm³/mol. The van der Waals surface area contributed by atoms with Crippen LogP contribution in [0.5, 0.6) is 0 Å². The van der Waals surface area contributed by atoms with Gasteiger partial charge in [-0.1, -0.05) is 12.2 Å². The van der Waals surface area contributed by atoms with Crippen LogP contribution in [0.3, 0.4) is 0 Å². The highest BCUT2D eigenvalue weighted by Crippen LogP contribution is 2.52. The molecule has 0 radical (unpaired) electrons. The van der Waals surface area contributed by atoms with Gasteiger partial charge < -0.3 is 10.2 Å². The lowest BCUT2D eigenvalue weighted by molar-refractivity contribution is -0.140. The van der Waals surface area contributed by atoms with Gasteiger partial charge in [-0.05, 0) is 32.1 Å². The van der Waals surface area contributed by atoms with Crippen LogP contribution in [0.1, 0.15) is 20.3 Å². The number of amides is 4. The van der Waals surface area contributed by atoms with E-state index in [1.807, 2.05) is 13.8 Å². The maximum absolute atomic E-state index is 12.5. The maximum Gasteiger partial charge on any atom is 0.317 e. The highest BCUT2D eigenvalue weighted by molar-refractivity contribution is 6.06. The zero-order valence-corrected chi connectivity index (χ0v) is 13.1. The van der Waals surface area contributed by atoms with Crippen LogP contribution in [0.4, 0.5) is 4.79 Å². The molecule has 2 aliphatic carbocycles. The van der Waals surface area contributed by atoms with Gasteiger partial charge in [-0.2, -0.15) is 0 Å². The van der Waals surface area contributed by atoms with Crippen molar-refractivity contribution in [2.45, 2.75) is 20.3 Å². The molecule has 0 aromatic rings. The van der Waals surface area contributed by atoms with Crippen molar-refractivity contribution in [3.8, 4) is 0 Å². The molecule has 0 spiro atoms. The first-order chi connectivity index (χ1) is 10.6. The molecule has 0 unspecified atom stereocenters. The molecule has 6 nitrogen and oxygen atoms in total. The van der Waals surface area contributed by atoms with Crippen molar-refractivity contribution in [2.24, 2.45) is 23.7 Å². The van der Waals surface area contributed by atoms with Gasteiger partial charge in [-0.15, -0.1) is 0 Å². The fraction of sp³-hybridized carbons (Fsp3) is 0.688. The summed E-state index contributed by atoms with van der Waals surface area (Å²) in [7, 11) is 0. The summed E-state index contributed by atoms with van der Waals surface area (Å²) in [5.41, 5.74) is 0. The number of nitrogens with zero attached hydrogens (tertiary/aromatic N) is 2. The van der Waals surface area contributed by atoms with E-state index in [9.17, 15) is 14.4 Å². The molecule has 0 aromatic heterocycles. The molecule has 1 saturated heterocycles. The molecule has 1 saturated carbocycles. The number of urea groups is 1. The van der Waals surface area contributed by atoms with Crippen LogP contribution in [0.25, 0.3) is 0 Å². The molecule has 1 heterocycles. The summed E-state index contributed by atoms with van der Waals surface area (Å²) >= 11 is 0. The van der Waals surface area contributed by atoms with E-state index in [2.05, 4.69) is 17.5 Å². The number of fused-ring (bicyclic) bond motifs is 5. The standard InChI is InChI=1S/C16H23N3O3/c1-3-18(4-2)16(22)17-7-8-19-14(20)12-10-5-6-11(9-10)13(12)15(19)21/h5-6,10-13H,3-4,7-9H2,1-2H3,(H,17,22)/t10-,11-,12-,13-/m0/s1. The van der Waals surface area contributed by atoms with Crippen molar-refractivity contribution in [1.29, 1.82) is 0 Å². The molecule has 6 heteroatoms. The van der Waals surface area contributed by atoms with Crippen LogP contribution >= 0.6 is 0 Å². The molecule has 4 atom stereocenters. The summed E-state index contributed by atoms with van der Waals surface area (Å²) < 4.78 is 0. The second-order valence-electron chi connectivity index (χ2n) is 6.23. The van der Waals surface area contributed by atoms with Gasteiger partial charge in [0.2, 0.25) is 11.8 Å². The van der Waals surface area contributed by atoms with Crippen molar-refractivity contribution in [3.05, 3.63) is 12.2 Å². The number of rotatable bonds is 5. The van der Waals surface area contributed by atoms with Crippen LogP contribution in [-0.2, 0) is 9.59 Å². The highest BCUT2D eigenvalue weighted by atomic mass is 16.2. The zero-order chi connectivity index (χ0) is 15.9. The largest absolute Gasteiger partial charge is 0.336 e. The van der Waals surface area contributed by atoms with Crippen LogP contribution in [0.2, 0.25) is 0 Å². The lowest BCUT2D eigenvalue weighted by Crippen LogP contribution is -2.44. The first kappa shape index (κ1) is 15.1. The van der Waals surface area contributed by atoms with E-state index in [1.165, 1.54) is 4.90 Å². The smallest absolute Gasteiger partial charge is 0.317 e. The minimum atomic E-state index is -0.152. The van der Waals surface area contributed by atoms with Crippen molar-refractivity contribution >= 4 is 17.8 Å². The Morgan fingerprint density at radius 2 is 1.73 bits per heavy atom. The molecule has 3 aliphatic rings. The minimum Gasteiger partial charge on any atom is -0.336 e. The molecule has 2 bridgehead atoms. The number of allylic oxidation sites excluding steroid dienone is 2. The Balaban J connectivity index is 1.55. The Morgan fingerprint density at radius 3 is 2.23 bits per heavy atom. The Labute approximate surface area is 130 Å². The van der Waals surface area contributed by atoms with E-state index >= 15 is 0 Å². The van der Waals surface area contributed by atoms with Gasteiger partial charge in [-0.3, -0.25) is 14.5 Å². The summed E-state index contributed by atoms with van der Waals surface area (Å²) in [6.45, 7) is 5.71. The third kappa shape index (κ3) is 2.21. The van der Waals surface area contributed by atoms with Gasteiger partial charge in [-0.25, -0.2) is 4.79 Å². The number of likely N-dealkylation sites (tertiary alicyclic amines) is 1. The first-order valence-corrected chi connectivity index (χ1v) is 8.14. The molecule has 0 aromatic carbocycles. The van der Waals surface area contributed by atoms with E-state index in [0.717, 1.165) is 6.42 Å². The van der Waals surface area contributed by atoms with Gasteiger partial charge in [0.1, 0.15) is 0 Å². The van der Waals surface area contributed by atoms with Gasteiger partial charge in [0.05, 0.1) is 11.8 Å². The minimum absolute atomic E-state index is 0.0519. The Morgan fingerprint density at radius 1 is 1.18 bits per heavy atom. The van der Waals surface area contributed by atoms with Crippen LogP contribution < -0.4 is 5.32 Å². The van der Waals surface area contributed by atoms with Gasteiger partial charge >= 0.3 is 6.03 Å². The highest BCUT2D eigenvalue weighted by Gasteiger charge is 2.58. The summed E-state index contributed by atoms with van der Waals surface area (Å²) in [5.74, 6) is 0.0678. The van der Waals surface area contributed by atoms with Gasteiger partial charge in [0, 0.05) is 26.2 Å². The molecule has 2 fully saturated rings. The number of hydrogen-bond acceptors (Lipinski definition) is 3. The average molecular weight is 305 g/mol. The number of nitrogens with one attached hydrogen (secondary N) is 1. The lowest BCUT2D eigenvalue weighted by Gasteiger charge is -2.21. The summed E-state index contributed by atoms with van der Waals surface area (Å²) in [5, 5.41) is 2.78. The summed E-state index contributed by atoms with van der Waals surface area (Å²) in [6.07, 6.45) is 5.12. The van der Waals surface area contributed by atoms with Crippen LogP contribution in [0, 0.1) is 23.7 Å².